The lowest BCUT2D eigenvalue weighted by atomic mass is 10.3. The van der Waals surface area contributed by atoms with Crippen molar-refractivity contribution in [3.05, 3.63) is 36.5 Å². The van der Waals surface area contributed by atoms with Gasteiger partial charge in [-0.2, -0.15) is 0 Å². The van der Waals surface area contributed by atoms with Gasteiger partial charge >= 0.3 is 5.97 Å². The van der Waals surface area contributed by atoms with Crippen LogP contribution in [-0.2, 0) is 9.53 Å². The maximum Gasteiger partial charge on any atom is 0.305 e. The number of para-hydroxylation sites is 1. The number of esters is 1. The maximum atomic E-state index is 10.8. The number of H-pyrrole nitrogens is 1. The van der Waals surface area contributed by atoms with Crippen molar-refractivity contribution in [1.82, 2.24) is 4.98 Å². The van der Waals surface area contributed by atoms with Gasteiger partial charge in [-0.25, -0.2) is 0 Å². The molecule has 2 rings (SSSR count). The minimum Gasteiger partial charge on any atom is -0.466 e. The van der Waals surface area contributed by atoms with Crippen LogP contribution in [0.2, 0.25) is 0 Å². The molecule has 2 aromatic rings. The number of hydrogen-bond donors (Lipinski definition) is 1. The van der Waals surface area contributed by atoms with Crippen LogP contribution in [0.25, 0.3) is 10.9 Å². The molecule has 0 radical (unpaired) electrons. The lowest BCUT2D eigenvalue weighted by Crippen LogP contribution is -2.04. The summed E-state index contributed by atoms with van der Waals surface area (Å²) < 4.78 is 4.95. The summed E-state index contributed by atoms with van der Waals surface area (Å²) in [6, 6.07) is 10.3. The number of nitrogens with one attached hydrogen (secondary N) is 1. The molecule has 1 aromatic carbocycles. The van der Waals surface area contributed by atoms with E-state index in [1.54, 1.807) is 0 Å². The molecule has 0 saturated carbocycles. The van der Waals surface area contributed by atoms with Gasteiger partial charge in [0.15, 0.2) is 0 Å². The average molecular weight is 275 g/mol. The first kappa shape index (κ1) is 16.3. The van der Waals surface area contributed by atoms with Crippen molar-refractivity contribution in [2.45, 2.75) is 46.0 Å². The van der Waals surface area contributed by atoms with E-state index < -0.39 is 0 Å². The Morgan fingerprint density at radius 3 is 2.60 bits per heavy atom. The number of aromatic amines is 1. The molecule has 0 aliphatic carbocycles. The predicted octanol–water partition coefficient (Wildman–Crippen LogP) is 4.69. The number of hydrogen-bond acceptors (Lipinski definition) is 2. The van der Waals surface area contributed by atoms with E-state index in [2.05, 4.69) is 30.1 Å². The van der Waals surface area contributed by atoms with Gasteiger partial charge in [0.05, 0.1) is 6.61 Å². The minimum absolute atomic E-state index is 0.0522. The first-order chi connectivity index (χ1) is 9.77. The topological polar surface area (TPSA) is 42.1 Å². The summed E-state index contributed by atoms with van der Waals surface area (Å²) in [5.41, 5.74) is 1.21. The van der Waals surface area contributed by atoms with E-state index in [4.69, 9.17) is 4.74 Å². The normalized spacial score (nSPS) is 9.90. The summed E-state index contributed by atoms with van der Waals surface area (Å²) >= 11 is 0. The van der Waals surface area contributed by atoms with Crippen molar-refractivity contribution in [3.8, 4) is 0 Å². The molecule has 0 aliphatic rings. The Balaban J connectivity index is 0.000000202. The minimum atomic E-state index is -0.0522. The van der Waals surface area contributed by atoms with Crippen molar-refractivity contribution in [2.75, 3.05) is 6.61 Å². The van der Waals surface area contributed by atoms with Gasteiger partial charge in [0.2, 0.25) is 0 Å². The second-order valence-corrected chi connectivity index (χ2v) is 4.74. The van der Waals surface area contributed by atoms with Gasteiger partial charge < -0.3 is 9.72 Å². The molecular formula is C17H25NO2. The molecule has 3 nitrogen and oxygen atoms in total. The average Bonchev–Trinajstić information content (AvgIpc) is 2.93. The Morgan fingerprint density at radius 2 is 1.90 bits per heavy atom. The summed E-state index contributed by atoms with van der Waals surface area (Å²) in [4.78, 5) is 13.9. The number of rotatable bonds is 6. The quantitative estimate of drug-likeness (QED) is 0.614. The first-order valence-electron chi connectivity index (χ1n) is 7.45. The second kappa shape index (κ2) is 10.1. The van der Waals surface area contributed by atoms with Gasteiger partial charge in [0.1, 0.15) is 0 Å². The molecule has 110 valence electrons. The molecule has 1 N–H and O–H groups in total. The fourth-order valence-electron chi connectivity index (χ4n) is 1.81. The zero-order valence-corrected chi connectivity index (χ0v) is 12.5. The lowest BCUT2D eigenvalue weighted by molar-refractivity contribution is -0.143. The van der Waals surface area contributed by atoms with E-state index in [9.17, 15) is 4.79 Å². The van der Waals surface area contributed by atoms with Crippen LogP contribution in [0, 0.1) is 0 Å². The van der Waals surface area contributed by atoms with Crippen LogP contribution < -0.4 is 0 Å². The van der Waals surface area contributed by atoms with Gasteiger partial charge in [0, 0.05) is 18.1 Å². The van der Waals surface area contributed by atoms with Crippen LogP contribution in [0.1, 0.15) is 46.0 Å². The Kier molecular flexibility index (Phi) is 8.20. The predicted molar refractivity (Wildman–Crippen MR) is 83.7 cm³/mol. The molecule has 20 heavy (non-hydrogen) atoms. The van der Waals surface area contributed by atoms with Crippen LogP contribution in [0.5, 0.6) is 0 Å². The number of fused-ring (bicyclic) bond motifs is 1. The molecule has 0 amide bonds. The van der Waals surface area contributed by atoms with E-state index in [1.165, 1.54) is 17.3 Å². The molecule has 0 aliphatic heterocycles. The number of benzene rings is 1. The summed E-state index contributed by atoms with van der Waals surface area (Å²) in [5.74, 6) is -0.0522. The molecule has 0 bridgehead atoms. The van der Waals surface area contributed by atoms with Gasteiger partial charge in [0.25, 0.3) is 0 Å². The second-order valence-electron chi connectivity index (χ2n) is 4.74. The summed E-state index contributed by atoms with van der Waals surface area (Å²) in [6.07, 6.45) is 6.72. The number of unbranched alkanes of at least 4 members (excludes halogenated alkanes) is 2. The zero-order chi connectivity index (χ0) is 14.6. The third kappa shape index (κ3) is 6.41. The number of aromatic nitrogens is 1. The van der Waals surface area contributed by atoms with E-state index in [0.717, 1.165) is 19.3 Å². The molecule has 0 spiro atoms. The SMILES string of the molecule is CCCCCOC(=O)CCC.c1ccc2[nH]ccc2c1. The largest absolute Gasteiger partial charge is 0.466 e. The molecule has 0 fully saturated rings. The van der Waals surface area contributed by atoms with Gasteiger partial charge in [-0.1, -0.05) is 44.9 Å². The van der Waals surface area contributed by atoms with Crippen molar-refractivity contribution in [1.29, 1.82) is 0 Å². The number of carbonyl (C=O) groups excluding carboxylic acids is 1. The highest BCUT2D eigenvalue weighted by Crippen LogP contribution is 2.09. The molecule has 0 saturated heterocycles. The first-order valence-corrected chi connectivity index (χ1v) is 7.45. The maximum absolute atomic E-state index is 10.8. The van der Waals surface area contributed by atoms with Crippen LogP contribution in [0.4, 0.5) is 0 Å². The van der Waals surface area contributed by atoms with Gasteiger partial charge in [-0.15, -0.1) is 0 Å². The lowest BCUT2D eigenvalue weighted by Gasteiger charge is -2.01. The smallest absolute Gasteiger partial charge is 0.305 e. The van der Waals surface area contributed by atoms with Gasteiger partial charge in [-0.3, -0.25) is 4.79 Å². The molecule has 1 aromatic heterocycles. The van der Waals surface area contributed by atoms with Crippen molar-refractivity contribution in [3.63, 3.8) is 0 Å². The van der Waals surface area contributed by atoms with Crippen LogP contribution in [0.3, 0.4) is 0 Å². The van der Waals surface area contributed by atoms with E-state index >= 15 is 0 Å². The fourth-order valence-corrected chi connectivity index (χ4v) is 1.81. The third-order valence-corrected chi connectivity index (χ3v) is 2.93. The third-order valence-electron chi connectivity index (χ3n) is 2.93. The molecule has 0 atom stereocenters. The highest BCUT2D eigenvalue weighted by Gasteiger charge is 1.98. The molecule has 0 unspecified atom stereocenters. The van der Waals surface area contributed by atoms with E-state index in [1.807, 2.05) is 25.3 Å². The Labute approximate surface area is 121 Å². The van der Waals surface area contributed by atoms with Crippen molar-refractivity contribution < 1.29 is 9.53 Å². The molecular weight excluding hydrogens is 250 g/mol. The van der Waals surface area contributed by atoms with E-state index in [0.29, 0.717) is 13.0 Å². The van der Waals surface area contributed by atoms with Crippen molar-refractivity contribution in [2.24, 2.45) is 0 Å². The Bertz CT molecular complexity index is 460. The molecule has 1 heterocycles. The van der Waals surface area contributed by atoms with Crippen molar-refractivity contribution >= 4 is 16.9 Å². The van der Waals surface area contributed by atoms with E-state index in [-0.39, 0.29) is 5.97 Å². The molecule has 3 heteroatoms. The highest BCUT2D eigenvalue weighted by molar-refractivity contribution is 5.78. The van der Waals surface area contributed by atoms with Crippen LogP contribution in [0.15, 0.2) is 36.5 Å². The summed E-state index contributed by atoms with van der Waals surface area (Å²) in [6.45, 7) is 4.72. The monoisotopic (exact) mass is 275 g/mol. The summed E-state index contributed by atoms with van der Waals surface area (Å²) in [7, 11) is 0. The summed E-state index contributed by atoms with van der Waals surface area (Å²) in [5, 5.41) is 1.28. The van der Waals surface area contributed by atoms with Gasteiger partial charge in [-0.05, 0) is 30.4 Å². The standard InChI is InChI=1S/C9H18O2.C8H7N/c1-3-5-6-8-11-9(10)7-4-2;1-2-4-8-7(3-1)5-6-9-8/h3-8H2,1-2H3;1-6,9H. The Morgan fingerprint density at radius 1 is 1.10 bits per heavy atom. The van der Waals surface area contributed by atoms with Crippen LogP contribution >= 0.6 is 0 Å². The van der Waals surface area contributed by atoms with Crippen LogP contribution in [-0.4, -0.2) is 17.6 Å². The number of carbonyl (C=O) groups is 1. The zero-order valence-electron chi connectivity index (χ0n) is 12.5. The highest BCUT2D eigenvalue weighted by atomic mass is 16.5. The number of ether oxygens (including phenoxy) is 1. The Hall–Kier alpha value is -1.77. The fraction of sp³-hybridized carbons (Fsp3) is 0.471.